The van der Waals surface area contributed by atoms with Gasteiger partial charge in [-0.2, -0.15) is 0 Å². The van der Waals surface area contributed by atoms with E-state index < -0.39 is 5.97 Å². The smallest absolute Gasteiger partial charge is 0.359 e. The lowest BCUT2D eigenvalue weighted by Gasteiger charge is -2.02. The van der Waals surface area contributed by atoms with Crippen LogP contribution in [-0.2, 0) is 20.7 Å². The minimum atomic E-state index is -0.691. The number of ketones is 1. The van der Waals surface area contributed by atoms with Crippen molar-refractivity contribution in [1.82, 2.24) is 0 Å². The van der Waals surface area contributed by atoms with Crippen molar-refractivity contribution in [3.63, 3.8) is 0 Å². The average Bonchev–Trinajstić information content (AvgIpc) is 2.31. The summed E-state index contributed by atoms with van der Waals surface area (Å²) >= 11 is 0. The molecule has 0 heterocycles. The van der Waals surface area contributed by atoms with Crippen LogP contribution in [0.1, 0.15) is 5.56 Å². The van der Waals surface area contributed by atoms with Crippen LogP contribution in [0.5, 0.6) is 0 Å². The first-order valence-corrected chi connectivity index (χ1v) is 4.81. The second-order valence-electron chi connectivity index (χ2n) is 3.15. The highest BCUT2D eigenvalue weighted by molar-refractivity contribution is 6.64. The predicted octanol–water partition coefficient (Wildman–Crippen LogP) is 1.04. The molecule has 0 atom stereocenters. The van der Waals surface area contributed by atoms with Gasteiger partial charge in [0.15, 0.2) is 11.5 Å². The van der Waals surface area contributed by atoms with Crippen molar-refractivity contribution in [2.75, 3.05) is 14.2 Å². The molecule has 0 fully saturated rings. The third-order valence-electron chi connectivity index (χ3n) is 2.07. The number of Topliss-reactive ketones (excluding diaryl/α,β-unsaturated/α-hetero) is 1. The van der Waals surface area contributed by atoms with E-state index in [2.05, 4.69) is 9.73 Å². The fraction of sp³-hybridized carbons (Fsp3) is 0.250. The van der Waals surface area contributed by atoms with Gasteiger partial charge >= 0.3 is 5.97 Å². The van der Waals surface area contributed by atoms with E-state index >= 15 is 0 Å². The van der Waals surface area contributed by atoms with Crippen LogP contribution >= 0.6 is 0 Å². The van der Waals surface area contributed by atoms with Crippen molar-refractivity contribution in [2.24, 2.45) is 4.99 Å². The molecule has 0 saturated heterocycles. The number of nitrogens with zero attached hydrogens (tertiary/aromatic N) is 1. The van der Waals surface area contributed by atoms with Gasteiger partial charge in [0.1, 0.15) is 0 Å². The van der Waals surface area contributed by atoms with Gasteiger partial charge in [0.05, 0.1) is 7.11 Å². The van der Waals surface area contributed by atoms with E-state index in [4.69, 9.17) is 0 Å². The molecule has 0 radical (unpaired) electrons. The topological polar surface area (TPSA) is 55.7 Å². The molecule has 1 aromatic rings. The van der Waals surface area contributed by atoms with Gasteiger partial charge in [-0.05, 0) is 5.56 Å². The summed E-state index contributed by atoms with van der Waals surface area (Å²) < 4.78 is 4.47. The van der Waals surface area contributed by atoms with E-state index in [-0.39, 0.29) is 17.9 Å². The molecular weight excluding hydrogens is 206 g/mol. The standard InChI is InChI=1S/C12H13NO3/c1-13-11(12(15)16-2)10(14)8-9-6-4-3-5-7-9/h3-7H,8H2,1-2H3/b13-11+. The molecule has 0 aliphatic heterocycles. The summed E-state index contributed by atoms with van der Waals surface area (Å²) in [4.78, 5) is 26.6. The number of esters is 1. The van der Waals surface area contributed by atoms with Gasteiger partial charge < -0.3 is 4.74 Å². The number of carbonyl (C=O) groups excluding carboxylic acids is 2. The van der Waals surface area contributed by atoms with Gasteiger partial charge in [-0.3, -0.25) is 9.79 Å². The van der Waals surface area contributed by atoms with Crippen molar-refractivity contribution >= 4 is 17.5 Å². The Hall–Kier alpha value is -1.97. The fourth-order valence-corrected chi connectivity index (χ4v) is 1.29. The van der Waals surface area contributed by atoms with Crippen LogP contribution in [0.3, 0.4) is 0 Å². The maximum absolute atomic E-state index is 11.7. The minimum Gasteiger partial charge on any atom is -0.464 e. The van der Waals surface area contributed by atoms with Crippen LogP contribution in [-0.4, -0.2) is 31.6 Å². The highest BCUT2D eigenvalue weighted by atomic mass is 16.5. The molecule has 16 heavy (non-hydrogen) atoms. The summed E-state index contributed by atoms with van der Waals surface area (Å²) in [6.45, 7) is 0. The van der Waals surface area contributed by atoms with Gasteiger partial charge in [-0.1, -0.05) is 30.3 Å². The van der Waals surface area contributed by atoms with E-state index in [1.165, 1.54) is 14.2 Å². The number of hydrogen-bond donors (Lipinski definition) is 0. The highest BCUT2D eigenvalue weighted by Gasteiger charge is 2.19. The van der Waals surface area contributed by atoms with Crippen LogP contribution in [0.25, 0.3) is 0 Å². The van der Waals surface area contributed by atoms with E-state index in [0.29, 0.717) is 0 Å². The summed E-state index contributed by atoms with van der Waals surface area (Å²) in [7, 11) is 2.62. The molecule has 84 valence electrons. The Labute approximate surface area is 94.0 Å². The van der Waals surface area contributed by atoms with Gasteiger partial charge in [0.2, 0.25) is 0 Å². The number of methoxy groups -OCH3 is 1. The number of benzene rings is 1. The summed E-state index contributed by atoms with van der Waals surface area (Å²) in [6.07, 6.45) is 0.155. The molecule has 0 aliphatic rings. The van der Waals surface area contributed by atoms with Crippen LogP contribution in [0.4, 0.5) is 0 Å². The molecule has 1 aromatic carbocycles. The Morgan fingerprint density at radius 1 is 1.25 bits per heavy atom. The first kappa shape index (κ1) is 12.1. The largest absolute Gasteiger partial charge is 0.464 e. The summed E-state index contributed by atoms with van der Waals surface area (Å²) in [5.41, 5.74) is 0.698. The Kier molecular flexibility index (Phi) is 4.39. The van der Waals surface area contributed by atoms with Crippen LogP contribution in [0.15, 0.2) is 35.3 Å². The quantitative estimate of drug-likeness (QED) is 0.432. The zero-order valence-corrected chi connectivity index (χ0v) is 9.27. The van der Waals surface area contributed by atoms with E-state index in [9.17, 15) is 9.59 Å². The SMILES string of the molecule is C/N=C(\C(=O)Cc1ccccc1)C(=O)OC. The number of carbonyl (C=O) groups is 2. The van der Waals surface area contributed by atoms with Crippen LogP contribution < -0.4 is 0 Å². The van der Waals surface area contributed by atoms with Crippen molar-refractivity contribution < 1.29 is 14.3 Å². The van der Waals surface area contributed by atoms with Crippen molar-refractivity contribution in [3.8, 4) is 0 Å². The first-order valence-electron chi connectivity index (χ1n) is 4.81. The van der Waals surface area contributed by atoms with Crippen molar-refractivity contribution in [3.05, 3.63) is 35.9 Å². The monoisotopic (exact) mass is 219 g/mol. The lowest BCUT2D eigenvalue weighted by Crippen LogP contribution is -2.26. The maximum atomic E-state index is 11.7. The average molecular weight is 219 g/mol. The van der Waals surface area contributed by atoms with Crippen molar-refractivity contribution in [2.45, 2.75) is 6.42 Å². The molecule has 0 aliphatic carbocycles. The normalized spacial score (nSPS) is 11.0. The zero-order valence-electron chi connectivity index (χ0n) is 9.27. The first-order chi connectivity index (χ1) is 7.69. The number of aliphatic imine (C=N–C) groups is 1. The number of rotatable bonds is 4. The molecule has 0 amide bonds. The van der Waals surface area contributed by atoms with Gasteiger partial charge in [-0.15, -0.1) is 0 Å². The number of hydrogen-bond acceptors (Lipinski definition) is 4. The molecule has 0 aromatic heterocycles. The molecule has 0 spiro atoms. The predicted molar refractivity (Wildman–Crippen MR) is 60.5 cm³/mol. The van der Waals surface area contributed by atoms with Gasteiger partial charge in [0.25, 0.3) is 0 Å². The Balaban J connectivity index is 2.76. The maximum Gasteiger partial charge on any atom is 0.359 e. The van der Waals surface area contributed by atoms with Crippen LogP contribution in [0, 0.1) is 0 Å². The molecular formula is C12H13NO3. The fourth-order valence-electron chi connectivity index (χ4n) is 1.29. The van der Waals surface area contributed by atoms with E-state index in [1.54, 1.807) is 0 Å². The molecule has 0 saturated carbocycles. The molecule has 4 heteroatoms. The Morgan fingerprint density at radius 3 is 2.38 bits per heavy atom. The third kappa shape index (κ3) is 3.02. The lowest BCUT2D eigenvalue weighted by atomic mass is 10.1. The molecule has 0 unspecified atom stereocenters. The highest BCUT2D eigenvalue weighted by Crippen LogP contribution is 2.01. The number of ether oxygens (including phenoxy) is 1. The summed E-state index contributed by atoms with van der Waals surface area (Å²) in [5, 5.41) is 0. The third-order valence-corrected chi connectivity index (χ3v) is 2.07. The second kappa shape index (κ2) is 5.80. The Morgan fingerprint density at radius 2 is 1.88 bits per heavy atom. The van der Waals surface area contributed by atoms with Crippen LogP contribution in [0.2, 0.25) is 0 Å². The Bertz CT molecular complexity index is 410. The molecule has 0 N–H and O–H groups in total. The minimum absolute atomic E-state index is 0.147. The summed E-state index contributed by atoms with van der Waals surface area (Å²) in [5.74, 6) is -1.02. The van der Waals surface area contributed by atoms with E-state index in [0.717, 1.165) is 5.56 Å². The van der Waals surface area contributed by atoms with Gasteiger partial charge in [0, 0.05) is 13.5 Å². The summed E-state index contributed by atoms with van der Waals surface area (Å²) in [6, 6.07) is 9.18. The second-order valence-corrected chi connectivity index (χ2v) is 3.15. The zero-order chi connectivity index (χ0) is 12.0. The molecule has 0 bridgehead atoms. The van der Waals surface area contributed by atoms with Gasteiger partial charge in [-0.25, -0.2) is 4.79 Å². The molecule has 4 nitrogen and oxygen atoms in total. The van der Waals surface area contributed by atoms with E-state index in [1.807, 2.05) is 30.3 Å². The molecule has 1 rings (SSSR count). The lowest BCUT2D eigenvalue weighted by molar-refractivity contribution is -0.133. The van der Waals surface area contributed by atoms with Crippen molar-refractivity contribution in [1.29, 1.82) is 0 Å².